The number of pyridine rings is 1. The van der Waals surface area contributed by atoms with E-state index in [9.17, 15) is 4.79 Å². The summed E-state index contributed by atoms with van der Waals surface area (Å²) in [6.07, 6.45) is 0. The van der Waals surface area contributed by atoms with Crippen molar-refractivity contribution in [3.05, 3.63) is 52.3 Å². The highest BCUT2D eigenvalue weighted by Crippen LogP contribution is 2.28. The van der Waals surface area contributed by atoms with E-state index in [0.29, 0.717) is 18.8 Å². The zero-order chi connectivity index (χ0) is 16.1. The molecule has 0 bridgehead atoms. The van der Waals surface area contributed by atoms with E-state index in [0.717, 1.165) is 11.3 Å². The standard InChI is InChI=1S/C17H19N3O2/c1-19(2)10-11-20-15(9-8-13(12-18)17(20)21)14-6-4-5-7-16(14)22-3/h4-9H,10-11H2,1-3H3. The van der Waals surface area contributed by atoms with Crippen LogP contribution in [-0.2, 0) is 6.54 Å². The molecule has 22 heavy (non-hydrogen) atoms. The lowest BCUT2D eigenvalue weighted by Crippen LogP contribution is -2.29. The summed E-state index contributed by atoms with van der Waals surface area (Å²) in [4.78, 5) is 14.5. The van der Waals surface area contributed by atoms with Gasteiger partial charge < -0.3 is 14.2 Å². The maximum Gasteiger partial charge on any atom is 0.268 e. The van der Waals surface area contributed by atoms with Crippen LogP contribution < -0.4 is 10.3 Å². The summed E-state index contributed by atoms with van der Waals surface area (Å²) in [6.45, 7) is 1.21. The number of rotatable bonds is 5. The molecule has 0 radical (unpaired) electrons. The average Bonchev–Trinajstić information content (AvgIpc) is 2.53. The molecule has 0 aliphatic carbocycles. The van der Waals surface area contributed by atoms with E-state index >= 15 is 0 Å². The number of para-hydroxylation sites is 1. The monoisotopic (exact) mass is 297 g/mol. The first-order valence-electron chi connectivity index (χ1n) is 7.00. The maximum atomic E-state index is 12.5. The third-order valence-corrected chi connectivity index (χ3v) is 3.45. The SMILES string of the molecule is COc1ccccc1-c1ccc(C#N)c(=O)n1CCN(C)C. The van der Waals surface area contributed by atoms with Gasteiger partial charge in [-0.25, -0.2) is 0 Å². The van der Waals surface area contributed by atoms with Crippen molar-refractivity contribution < 1.29 is 4.74 Å². The summed E-state index contributed by atoms with van der Waals surface area (Å²) in [7, 11) is 5.49. The van der Waals surface area contributed by atoms with Gasteiger partial charge in [0.1, 0.15) is 17.4 Å². The third-order valence-electron chi connectivity index (χ3n) is 3.45. The van der Waals surface area contributed by atoms with Crippen LogP contribution in [0.15, 0.2) is 41.2 Å². The molecule has 0 aliphatic rings. The molecular weight excluding hydrogens is 278 g/mol. The molecule has 1 aromatic heterocycles. The molecule has 0 unspecified atom stereocenters. The second-order valence-corrected chi connectivity index (χ2v) is 5.20. The molecule has 0 fully saturated rings. The van der Waals surface area contributed by atoms with Gasteiger partial charge in [0.2, 0.25) is 0 Å². The lowest BCUT2D eigenvalue weighted by molar-refractivity contribution is 0.381. The molecule has 0 saturated heterocycles. The van der Waals surface area contributed by atoms with E-state index in [1.165, 1.54) is 0 Å². The molecule has 0 aliphatic heterocycles. The number of benzene rings is 1. The minimum atomic E-state index is -0.271. The van der Waals surface area contributed by atoms with Crippen molar-refractivity contribution in [2.24, 2.45) is 0 Å². The Morgan fingerprint density at radius 3 is 2.59 bits per heavy atom. The van der Waals surface area contributed by atoms with E-state index in [1.54, 1.807) is 23.8 Å². The normalized spacial score (nSPS) is 10.5. The predicted octanol–water partition coefficient (Wildman–Crippen LogP) is 1.96. The van der Waals surface area contributed by atoms with Gasteiger partial charge in [0.15, 0.2) is 0 Å². The topological polar surface area (TPSA) is 58.3 Å². The summed E-state index contributed by atoms with van der Waals surface area (Å²) in [5.74, 6) is 0.699. The van der Waals surface area contributed by atoms with Gasteiger partial charge in [0, 0.05) is 18.7 Å². The van der Waals surface area contributed by atoms with Gasteiger partial charge >= 0.3 is 0 Å². The Kier molecular flexibility index (Phi) is 4.97. The molecule has 1 heterocycles. The Balaban J connectivity index is 2.62. The van der Waals surface area contributed by atoms with E-state index in [2.05, 4.69) is 0 Å². The zero-order valence-electron chi connectivity index (χ0n) is 13.0. The van der Waals surface area contributed by atoms with Crippen LogP contribution in [0.1, 0.15) is 5.56 Å². The van der Waals surface area contributed by atoms with Gasteiger partial charge in [-0.3, -0.25) is 4.79 Å². The number of likely N-dealkylation sites (N-methyl/N-ethyl adjacent to an activating group) is 1. The second-order valence-electron chi connectivity index (χ2n) is 5.20. The largest absolute Gasteiger partial charge is 0.496 e. The minimum absolute atomic E-state index is 0.150. The van der Waals surface area contributed by atoms with Gasteiger partial charge in [-0.15, -0.1) is 0 Å². The highest BCUT2D eigenvalue weighted by Gasteiger charge is 2.13. The van der Waals surface area contributed by atoms with Gasteiger partial charge in [0.05, 0.1) is 12.8 Å². The number of aromatic nitrogens is 1. The average molecular weight is 297 g/mol. The van der Waals surface area contributed by atoms with Crippen LogP contribution in [0, 0.1) is 11.3 Å². The van der Waals surface area contributed by atoms with Crippen molar-refractivity contribution >= 4 is 0 Å². The highest BCUT2D eigenvalue weighted by molar-refractivity contribution is 5.68. The van der Waals surface area contributed by atoms with Crippen LogP contribution in [0.25, 0.3) is 11.3 Å². The molecule has 5 nitrogen and oxygen atoms in total. The molecule has 0 atom stereocenters. The fourth-order valence-electron chi connectivity index (χ4n) is 2.28. The Morgan fingerprint density at radius 2 is 1.95 bits per heavy atom. The lowest BCUT2D eigenvalue weighted by atomic mass is 10.1. The van der Waals surface area contributed by atoms with E-state index in [-0.39, 0.29) is 11.1 Å². The minimum Gasteiger partial charge on any atom is -0.496 e. The quantitative estimate of drug-likeness (QED) is 0.846. The Morgan fingerprint density at radius 1 is 1.23 bits per heavy atom. The van der Waals surface area contributed by atoms with Crippen LogP contribution in [0.5, 0.6) is 5.75 Å². The number of nitrogens with zero attached hydrogens (tertiary/aromatic N) is 3. The first-order chi connectivity index (χ1) is 10.6. The molecule has 2 rings (SSSR count). The second kappa shape index (κ2) is 6.92. The predicted molar refractivity (Wildman–Crippen MR) is 86.0 cm³/mol. The van der Waals surface area contributed by atoms with Crippen molar-refractivity contribution in [1.82, 2.24) is 9.47 Å². The van der Waals surface area contributed by atoms with Gasteiger partial charge in [0.25, 0.3) is 5.56 Å². The van der Waals surface area contributed by atoms with E-state index in [4.69, 9.17) is 10.00 Å². The van der Waals surface area contributed by atoms with Crippen molar-refractivity contribution in [1.29, 1.82) is 5.26 Å². The summed E-state index contributed by atoms with van der Waals surface area (Å²) in [5, 5.41) is 9.08. The summed E-state index contributed by atoms with van der Waals surface area (Å²) < 4.78 is 7.02. The fraction of sp³-hybridized carbons (Fsp3) is 0.294. The van der Waals surface area contributed by atoms with Gasteiger partial charge in [-0.05, 0) is 38.4 Å². The molecule has 0 saturated carbocycles. The zero-order valence-corrected chi connectivity index (χ0v) is 13.0. The number of methoxy groups -OCH3 is 1. The van der Waals surface area contributed by atoms with Crippen LogP contribution in [0.2, 0.25) is 0 Å². The summed E-state index contributed by atoms with van der Waals surface area (Å²) >= 11 is 0. The molecular formula is C17H19N3O2. The number of hydrogen-bond acceptors (Lipinski definition) is 4. The van der Waals surface area contributed by atoms with Crippen molar-refractivity contribution in [3.63, 3.8) is 0 Å². The first kappa shape index (κ1) is 15.8. The van der Waals surface area contributed by atoms with Crippen molar-refractivity contribution in [2.45, 2.75) is 6.54 Å². The lowest BCUT2D eigenvalue weighted by Gasteiger charge is -2.17. The van der Waals surface area contributed by atoms with Crippen LogP contribution in [0.4, 0.5) is 0 Å². The smallest absolute Gasteiger partial charge is 0.268 e. The van der Waals surface area contributed by atoms with Crippen molar-refractivity contribution in [2.75, 3.05) is 27.7 Å². The summed E-state index contributed by atoms with van der Waals surface area (Å²) in [5.41, 5.74) is 1.47. The molecule has 2 aromatic rings. The summed E-state index contributed by atoms with van der Waals surface area (Å²) in [6, 6.07) is 12.9. The third kappa shape index (κ3) is 3.18. The van der Waals surface area contributed by atoms with Crippen LogP contribution in [0.3, 0.4) is 0 Å². The number of hydrogen-bond donors (Lipinski definition) is 0. The molecule has 0 amide bonds. The molecule has 114 valence electrons. The Labute approximate surface area is 130 Å². The number of ether oxygens (including phenoxy) is 1. The van der Waals surface area contributed by atoms with Crippen molar-refractivity contribution in [3.8, 4) is 23.1 Å². The van der Waals surface area contributed by atoms with Gasteiger partial charge in [-0.1, -0.05) is 12.1 Å². The maximum absolute atomic E-state index is 12.5. The van der Waals surface area contributed by atoms with E-state index in [1.807, 2.05) is 49.3 Å². The number of nitriles is 1. The van der Waals surface area contributed by atoms with Crippen LogP contribution in [-0.4, -0.2) is 37.2 Å². The molecule has 1 aromatic carbocycles. The highest BCUT2D eigenvalue weighted by atomic mass is 16.5. The fourth-order valence-corrected chi connectivity index (χ4v) is 2.28. The van der Waals surface area contributed by atoms with Crippen LogP contribution >= 0.6 is 0 Å². The first-order valence-corrected chi connectivity index (χ1v) is 7.00. The molecule has 0 spiro atoms. The molecule has 5 heteroatoms. The Hall–Kier alpha value is -2.58. The van der Waals surface area contributed by atoms with Gasteiger partial charge in [-0.2, -0.15) is 5.26 Å². The van der Waals surface area contributed by atoms with E-state index < -0.39 is 0 Å². The Bertz CT molecular complexity index is 757. The molecule has 0 N–H and O–H groups in total.